The van der Waals surface area contributed by atoms with Crippen LogP contribution in [0.25, 0.3) is 0 Å². The standard InChI is InChI=1S/C18H19F3N4O2/c19-18(20,21)27-15-3-1-13(2-4-15)12-25-9-5-14(6-10-25)24-17(26)16-11-22-7-8-23-16/h1-4,7-8,11,14H,5-6,9-10,12H2,(H,24,26). The van der Waals surface area contributed by atoms with Crippen LogP contribution in [0.2, 0.25) is 0 Å². The van der Waals surface area contributed by atoms with Gasteiger partial charge in [0.15, 0.2) is 0 Å². The summed E-state index contributed by atoms with van der Waals surface area (Å²) in [6.07, 6.45) is 1.32. The number of nitrogens with zero attached hydrogens (tertiary/aromatic N) is 3. The summed E-state index contributed by atoms with van der Waals surface area (Å²) in [6, 6.07) is 5.96. The van der Waals surface area contributed by atoms with E-state index in [1.54, 1.807) is 12.1 Å². The summed E-state index contributed by atoms with van der Waals surface area (Å²) >= 11 is 0. The van der Waals surface area contributed by atoms with Gasteiger partial charge in [-0.05, 0) is 30.5 Å². The summed E-state index contributed by atoms with van der Waals surface area (Å²) in [5.41, 5.74) is 1.20. The Morgan fingerprint density at radius 1 is 1.19 bits per heavy atom. The van der Waals surface area contributed by atoms with Crippen LogP contribution in [0.15, 0.2) is 42.9 Å². The molecule has 0 unspecified atom stereocenters. The van der Waals surface area contributed by atoms with Crippen LogP contribution in [0.5, 0.6) is 5.75 Å². The fourth-order valence-electron chi connectivity index (χ4n) is 2.97. The number of nitrogens with one attached hydrogen (secondary N) is 1. The van der Waals surface area contributed by atoms with E-state index in [0.29, 0.717) is 12.2 Å². The average Bonchev–Trinajstić information content (AvgIpc) is 2.64. The van der Waals surface area contributed by atoms with Gasteiger partial charge in [0.2, 0.25) is 0 Å². The lowest BCUT2D eigenvalue weighted by atomic mass is 10.0. The number of amides is 1. The number of ether oxygens (including phenoxy) is 1. The van der Waals surface area contributed by atoms with Crippen molar-refractivity contribution in [2.75, 3.05) is 13.1 Å². The van der Waals surface area contributed by atoms with E-state index in [1.165, 1.54) is 30.7 Å². The van der Waals surface area contributed by atoms with Crippen molar-refractivity contribution in [3.05, 3.63) is 54.1 Å². The lowest BCUT2D eigenvalue weighted by Gasteiger charge is -2.32. The number of carbonyl (C=O) groups excluding carboxylic acids is 1. The van der Waals surface area contributed by atoms with Crippen LogP contribution < -0.4 is 10.1 Å². The summed E-state index contributed by atoms with van der Waals surface area (Å²) in [4.78, 5) is 22.2. The second kappa shape index (κ2) is 8.34. The van der Waals surface area contributed by atoms with E-state index in [-0.39, 0.29) is 17.7 Å². The van der Waals surface area contributed by atoms with E-state index >= 15 is 0 Å². The third-order valence-corrected chi connectivity index (χ3v) is 4.28. The van der Waals surface area contributed by atoms with Gasteiger partial charge in [0, 0.05) is 38.1 Å². The van der Waals surface area contributed by atoms with Crippen molar-refractivity contribution in [2.45, 2.75) is 31.8 Å². The minimum atomic E-state index is -4.68. The van der Waals surface area contributed by atoms with Crippen molar-refractivity contribution < 1.29 is 22.7 Å². The number of hydrogen-bond acceptors (Lipinski definition) is 5. The highest BCUT2D eigenvalue weighted by molar-refractivity contribution is 5.92. The smallest absolute Gasteiger partial charge is 0.406 e. The van der Waals surface area contributed by atoms with Crippen molar-refractivity contribution in [1.82, 2.24) is 20.2 Å². The molecular formula is C18H19F3N4O2. The van der Waals surface area contributed by atoms with Gasteiger partial charge in [-0.3, -0.25) is 14.7 Å². The first-order chi connectivity index (χ1) is 12.9. The molecule has 1 amide bonds. The highest BCUT2D eigenvalue weighted by Gasteiger charge is 2.31. The normalized spacial score (nSPS) is 16.1. The monoisotopic (exact) mass is 380 g/mol. The molecular weight excluding hydrogens is 361 g/mol. The SMILES string of the molecule is O=C(NC1CCN(Cc2ccc(OC(F)(F)F)cc2)CC1)c1cnccn1. The van der Waals surface area contributed by atoms with Crippen molar-refractivity contribution >= 4 is 5.91 Å². The average molecular weight is 380 g/mol. The molecule has 0 radical (unpaired) electrons. The van der Waals surface area contributed by atoms with E-state index < -0.39 is 6.36 Å². The predicted molar refractivity (Wildman–Crippen MR) is 90.9 cm³/mol. The molecule has 144 valence electrons. The molecule has 1 aliphatic heterocycles. The number of aromatic nitrogens is 2. The third kappa shape index (κ3) is 5.92. The van der Waals surface area contributed by atoms with Crippen LogP contribution in [-0.2, 0) is 6.54 Å². The Morgan fingerprint density at radius 2 is 1.89 bits per heavy atom. The molecule has 0 aliphatic carbocycles. The Labute approximate surface area is 154 Å². The molecule has 27 heavy (non-hydrogen) atoms. The van der Waals surface area contributed by atoms with Crippen molar-refractivity contribution in [2.24, 2.45) is 0 Å². The van der Waals surface area contributed by atoms with E-state index in [4.69, 9.17) is 0 Å². The Morgan fingerprint density at radius 3 is 2.48 bits per heavy atom. The first-order valence-corrected chi connectivity index (χ1v) is 8.53. The lowest BCUT2D eigenvalue weighted by molar-refractivity contribution is -0.274. The van der Waals surface area contributed by atoms with Crippen LogP contribution in [0.4, 0.5) is 13.2 Å². The molecule has 2 aromatic rings. The zero-order valence-corrected chi connectivity index (χ0v) is 14.4. The number of likely N-dealkylation sites (tertiary alicyclic amines) is 1. The van der Waals surface area contributed by atoms with Crippen LogP contribution in [0.1, 0.15) is 28.9 Å². The molecule has 0 atom stereocenters. The van der Waals surface area contributed by atoms with Crippen LogP contribution in [0.3, 0.4) is 0 Å². The number of rotatable bonds is 5. The number of carbonyl (C=O) groups is 1. The van der Waals surface area contributed by atoms with Gasteiger partial charge >= 0.3 is 6.36 Å². The lowest BCUT2D eigenvalue weighted by Crippen LogP contribution is -2.44. The number of benzene rings is 1. The fraction of sp³-hybridized carbons (Fsp3) is 0.389. The zero-order valence-electron chi connectivity index (χ0n) is 14.4. The maximum absolute atomic E-state index is 12.2. The number of hydrogen-bond donors (Lipinski definition) is 1. The maximum Gasteiger partial charge on any atom is 0.573 e. The molecule has 1 saturated heterocycles. The minimum Gasteiger partial charge on any atom is -0.406 e. The van der Waals surface area contributed by atoms with Gasteiger partial charge in [0.1, 0.15) is 11.4 Å². The second-order valence-corrected chi connectivity index (χ2v) is 6.31. The Kier molecular flexibility index (Phi) is 5.90. The molecule has 0 bridgehead atoms. The summed E-state index contributed by atoms with van der Waals surface area (Å²) in [7, 11) is 0. The van der Waals surface area contributed by atoms with Gasteiger partial charge in [0.05, 0.1) is 6.20 Å². The second-order valence-electron chi connectivity index (χ2n) is 6.31. The molecule has 1 N–H and O–H groups in total. The maximum atomic E-state index is 12.2. The molecule has 0 saturated carbocycles. The Hall–Kier alpha value is -2.68. The number of alkyl halides is 3. The van der Waals surface area contributed by atoms with Gasteiger partial charge in [-0.2, -0.15) is 0 Å². The summed E-state index contributed by atoms with van der Waals surface area (Å²) in [5, 5.41) is 2.96. The number of halogens is 3. The van der Waals surface area contributed by atoms with Gasteiger partial charge in [-0.1, -0.05) is 12.1 Å². The van der Waals surface area contributed by atoms with Gasteiger partial charge in [-0.15, -0.1) is 13.2 Å². The van der Waals surface area contributed by atoms with Crippen LogP contribution >= 0.6 is 0 Å². The van der Waals surface area contributed by atoms with Crippen molar-refractivity contribution in [3.63, 3.8) is 0 Å². The summed E-state index contributed by atoms with van der Waals surface area (Å²) in [5.74, 6) is -0.460. The highest BCUT2D eigenvalue weighted by atomic mass is 19.4. The summed E-state index contributed by atoms with van der Waals surface area (Å²) < 4.78 is 40.4. The molecule has 1 aliphatic rings. The van der Waals surface area contributed by atoms with E-state index in [9.17, 15) is 18.0 Å². The zero-order chi connectivity index (χ0) is 19.3. The first-order valence-electron chi connectivity index (χ1n) is 8.53. The largest absolute Gasteiger partial charge is 0.573 e. The third-order valence-electron chi connectivity index (χ3n) is 4.28. The van der Waals surface area contributed by atoms with E-state index in [2.05, 4.69) is 24.9 Å². The van der Waals surface area contributed by atoms with Gasteiger partial charge in [0.25, 0.3) is 5.91 Å². The Balaban J connectivity index is 1.45. The van der Waals surface area contributed by atoms with Crippen LogP contribution in [-0.4, -0.2) is 46.3 Å². The van der Waals surface area contributed by atoms with Gasteiger partial charge < -0.3 is 10.1 Å². The first kappa shape index (κ1) is 19.1. The summed E-state index contributed by atoms with van der Waals surface area (Å²) in [6.45, 7) is 2.20. The van der Waals surface area contributed by atoms with Crippen molar-refractivity contribution in [3.8, 4) is 5.75 Å². The number of piperidine rings is 1. The van der Waals surface area contributed by atoms with Gasteiger partial charge in [-0.25, -0.2) is 4.98 Å². The Bertz CT molecular complexity index is 745. The molecule has 3 rings (SSSR count). The molecule has 9 heteroatoms. The minimum absolute atomic E-state index is 0.0679. The topological polar surface area (TPSA) is 67.4 Å². The van der Waals surface area contributed by atoms with Crippen molar-refractivity contribution in [1.29, 1.82) is 0 Å². The van der Waals surface area contributed by atoms with E-state index in [1.807, 2.05) is 0 Å². The molecule has 2 heterocycles. The molecule has 0 spiro atoms. The highest BCUT2D eigenvalue weighted by Crippen LogP contribution is 2.23. The molecule has 1 aromatic carbocycles. The molecule has 1 aromatic heterocycles. The molecule has 6 nitrogen and oxygen atoms in total. The predicted octanol–water partition coefficient (Wildman–Crippen LogP) is 2.77. The van der Waals surface area contributed by atoms with E-state index in [0.717, 1.165) is 31.5 Å². The quantitative estimate of drug-likeness (QED) is 0.864. The fourth-order valence-corrected chi connectivity index (χ4v) is 2.97. The van der Waals surface area contributed by atoms with Crippen LogP contribution in [0, 0.1) is 0 Å². The molecule has 1 fully saturated rings.